The maximum absolute atomic E-state index is 13.0. The molecule has 1 spiro atoms. The van der Waals surface area contributed by atoms with Crippen LogP contribution in [0, 0.1) is 5.41 Å². The first kappa shape index (κ1) is 17.1. The molecular formula is C21H21ClN2O2. The Morgan fingerprint density at radius 3 is 2.31 bits per heavy atom. The first-order valence-electron chi connectivity index (χ1n) is 9.07. The highest BCUT2D eigenvalue weighted by Gasteiger charge is 2.61. The summed E-state index contributed by atoms with van der Waals surface area (Å²) in [6.07, 6.45) is 5.01. The number of benzene rings is 2. The van der Waals surface area contributed by atoms with Gasteiger partial charge in [0, 0.05) is 10.6 Å². The van der Waals surface area contributed by atoms with Gasteiger partial charge in [-0.25, -0.2) is 5.01 Å². The molecule has 1 saturated heterocycles. The molecule has 0 aromatic heterocycles. The van der Waals surface area contributed by atoms with Crippen LogP contribution in [0.25, 0.3) is 0 Å². The standard InChI is InChI=1S/C21H21ClN2O2/c22-17-11-9-15(10-12-17)18-21(13-5-2-6-14-21)20(26)24(18)23-19(25)16-7-3-1-4-8-16/h1,3-4,7-12,18H,2,5-6,13-14H2,(H,23,25). The summed E-state index contributed by atoms with van der Waals surface area (Å²) in [5, 5.41) is 2.18. The van der Waals surface area contributed by atoms with E-state index in [4.69, 9.17) is 11.6 Å². The molecule has 2 aromatic rings. The lowest BCUT2D eigenvalue weighted by Crippen LogP contribution is -2.69. The minimum absolute atomic E-state index is 0.0291. The van der Waals surface area contributed by atoms with Gasteiger partial charge in [-0.3, -0.25) is 15.0 Å². The summed E-state index contributed by atoms with van der Waals surface area (Å²) in [4.78, 5) is 25.6. The van der Waals surface area contributed by atoms with Gasteiger partial charge in [-0.2, -0.15) is 0 Å². The molecule has 2 aliphatic rings. The van der Waals surface area contributed by atoms with Crippen LogP contribution in [0.5, 0.6) is 0 Å². The third-order valence-corrected chi connectivity index (χ3v) is 5.87. The number of amides is 2. The van der Waals surface area contributed by atoms with Crippen LogP contribution in [0.4, 0.5) is 0 Å². The smallest absolute Gasteiger partial charge is 0.269 e. The molecule has 4 rings (SSSR count). The Balaban J connectivity index is 1.63. The van der Waals surface area contributed by atoms with E-state index in [0.29, 0.717) is 10.6 Å². The first-order valence-corrected chi connectivity index (χ1v) is 9.45. The molecule has 1 atom stereocenters. The van der Waals surface area contributed by atoms with Crippen molar-refractivity contribution in [3.8, 4) is 0 Å². The highest BCUT2D eigenvalue weighted by Crippen LogP contribution is 2.57. The van der Waals surface area contributed by atoms with Gasteiger partial charge in [-0.15, -0.1) is 0 Å². The van der Waals surface area contributed by atoms with E-state index in [9.17, 15) is 9.59 Å². The molecule has 1 heterocycles. The minimum Gasteiger partial charge on any atom is -0.272 e. The van der Waals surface area contributed by atoms with Crippen molar-refractivity contribution in [2.75, 3.05) is 0 Å². The van der Waals surface area contributed by atoms with Crippen LogP contribution in [-0.4, -0.2) is 16.8 Å². The molecule has 2 fully saturated rings. The second kappa shape index (κ2) is 6.76. The van der Waals surface area contributed by atoms with Crippen molar-refractivity contribution < 1.29 is 9.59 Å². The summed E-state index contributed by atoms with van der Waals surface area (Å²) in [7, 11) is 0. The van der Waals surface area contributed by atoms with Crippen molar-refractivity contribution >= 4 is 23.4 Å². The Labute approximate surface area is 158 Å². The Hall–Kier alpha value is -2.33. The predicted molar refractivity (Wildman–Crippen MR) is 100 cm³/mol. The molecule has 1 unspecified atom stereocenters. The second-order valence-electron chi connectivity index (χ2n) is 7.15. The summed E-state index contributed by atoms with van der Waals surface area (Å²) in [5.41, 5.74) is 4.00. The average Bonchev–Trinajstić information content (AvgIpc) is 2.70. The molecule has 5 heteroatoms. The molecule has 0 bridgehead atoms. The van der Waals surface area contributed by atoms with E-state index < -0.39 is 5.41 Å². The highest BCUT2D eigenvalue weighted by atomic mass is 35.5. The predicted octanol–water partition coefficient (Wildman–Crippen LogP) is 4.52. The van der Waals surface area contributed by atoms with Gasteiger partial charge in [0.15, 0.2) is 0 Å². The van der Waals surface area contributed by atoms with Crippen LogP contribution >= 0.6 is 11.6 Å². The SMILES string of the molecule is O=C(NN1C(=O)C2(CCCCC2)C1c1ccc(Cl)cc1)c1ccccc1. The van der Waals surface area contributed by atoms with E-state index in [1.165, 1.54) is 11.4 Å². The number of rotatable bonds is 3. The van der Waals surface area contributed by atoms with Crippen LogP contribution in [0.3, 0.4) is 0 Å². The van der Waals surface area contributed by atoms with Gasteiger partial charge in [-0.1, -0.05) is 61.2 Å². The number of carbonyl (C=O) groups is 2. The molecule has 0 radical (unpaired) electrons. The maximum atomic E-state index is 13.0. The minimum atomic E-state index is -0.393. The molecule has 4 nitrogen and oxygen atoms in total. The summed E-state index contributed by atoms with van der Waals surface area (Å²) < 4.78 is 0. The van der Waals surface area contributed by atoms with Crippen LogP contribution in [0.2, 0.25) is 5.02 Å². The zero-order valence-electron chi connectivity index (χ0n) is 14.5. The van der Waals surface area contributed by atoms with Gasteiger partial charge in [0.25, 0.3) is 5.91 Å². The number of hydrogen-bond acceptors (Lipinski definition) is 2. The van der Waals surface area contributed by atoms with Crippen LogP contribution in [0.15, 0.2) is 54.6 Å². The number of β-lactam (4-membered cyclic amide) rings is 1. The highest BCUT2D eigenvalue weighted by molar-refractivity contribution is 6.30. The van der Waals surface area contributed by atoms with E-state index in [-0.39, 0.29) is 17.9 Å². The summed E-state index contributed by atoms with van der Waals surface area (Å²) in [6, 6.07) is 16.4. The molecule has 2 aromatic carbocycles. The van der Waals surface area contributed by atoms with Gasteiger partial charge in [0.05, 0.1) is 11.5 Å². The Morgan fingerprint density at radius 1 is 1.00 bits per heavy atom. The number of halogens is 1. The zero-order chi connectivity index (χ0) is 18.1. The Morgan fingerprint density at radius 2 is 1.65 bits per heavy atom. The zero-order valence-corrected chi connectivity index (χ0v) is 15.2. The summed E-state index contributed by atoms with van der Waals surface area (Å²) in [6.45, 7) is 0. The lowest BCUT2D eigenvalue weighted by molar-refractivity contribution is -0.184. The first-order chi connectivity index (χ1) is 12.6. The third kappa shape index (κ3) is 2.78. The normalized spacial score (nSPS) is 21.3. The Kier molecular flexibility index (Phi) is 4.45. The molecule has 2 amide bonds. The maximum Gasteiger partial charge on any atom is 0.269 e. The fraction of sp³-hybridized carbons (Fsp3) is 0.333. The van der Waals surface area contributed by atoms with Crippen molar-refractivity contribution in [3.05, 3.63) is 70.7 Å². The van der Waals surface area contributed by atoms with Crippen molar-refractivity contribution in [2.24, 2.45) is 5.41 Å². The van der Waals surface area contributed by atoms with E-state index in [0.717, 1.165) is 31.2 Å². The molecular weight excluding hydrogens is 348 g/mol. The van der Waals surface area contributed by atoms with Crippen molar-refractivity contribution in [3.63, 3.8) is 0 Å². The molecule has 1 N–H and O–H groups in total. The van der Waals surface area contributed by atoms with E-state index >= 15 is 0 Å². The van der Waals surface area contributed by atoms with Gasteiger partial charge in [0.1, 0.15) is 0 Å². The van der Waals surface area contributed by atoms with Gasteiger partial charge < -0.3 is 0 Å². The van der Waals surface area contributed by atoms with Crippen molar-refractivity contribution in [1.82, 2.24) is 10.4 Å². The van der Waals surface area contributed by atoms with E-state index in [2.05, 4.69) is 5.43 Å². The largest absolute Gasteiger partial charge is 0.272 e. The van der Waals surface area contributed by atoms with Gasteiger partial charge in [0.2, 0.25) is 5.91 Å². The molecule has 26 heavy (non-hydrogen) atoms. The number of hydrazine groups is 1. The molecule has 1 aliphatic carbocycles. The van der Waals surface area contributed by atoms with Crippen molar-refractivity contribution in [1.29, 1.82) is 0 Å². The number of nitrogens with zero attached hydrogens (tertiary/aromatic N) is 1. The van der Waals surface area contributed by atoms with E-state index in [1.807, 2.05) is 42.5 Å². The van der Waals surface area contributed by atoms with Gasteiger partial charge in [-0.05, 0) is 42.7 Å². The fourth-order valence-electron chi connectivity index (χ4n) is 4.32. The average molecular weight is 369 g/mol. The molecule has 1 saturated carbocycles. The van der Waals surface area contributed by atoms with Crippen LogP contribution in [0.1, 0.15) is 54.1 Å². The van der Waals surface area contributed by atoms with Crippen LogP contribution in [-0.2, 0) is 4.79 Å². The van der Waals surface area contributed by atoms with Gasteiger partial charge >= 0.3 is 0 Å². The fourth-order valence-corrected chi connectivity index (χ4v) is 4.44. The van der Waals surface area contributed by atoms with Crippen LogP contribution < -0.4 is 5.43 Å². The lowest BCUT2D eigenvalue weighted by atomic mass is 9.61. The van der Waals surface area contributed by atoms with Crippen molar-refractivity contribution in [2.45, 2.75) is 38.1 Å². The third-order valence-electron chi connectivity index (χ3n) is 5.62. The second-order valence-corrected chi connectivity index (χ2v) is 7.59. The van der Waals surface area contributed by atoms with E-state index in [1.54, 1.807) is 12.1 Å². The summed E-state index contributed by atoms with van der Waals surface area (Å²) in [5.74, 6) is -0.231. The number of hydrogen-bond donors (Lipinski definition) is 1. The quantitative estimate of drug-likeness (QED) is 0.810. The summed E-state index contributed by atoms with van der Waals surface area (Å²) >= 11 is 6.03. The topological polar surface area (TPSA) is 49.4 Å². The molecule has 134 valence electrons. The monoisotopic (exact) mass is 368 g/mol. The lowest BCUT2D eigenvalue weighted by Gasteiger charge is -2.57. The number of nitrogens with one attached hydrogen (secondary N) is 1. The molecule has 1 aliphatic heterocycles. The Bertz CT molecular complexity index is 814. The number of carbonyl (C=O) groups excluding carboxylic acids is 2.